The predicted molar refractivity (Wildman–Crippen MR) is 113 cm³/mol. The largest absolute Gasteiger partial charge is 0.497 e. The summed E-state index contributed by atoms with van der Waals surface area (Å²) < 4.78 is 7.41. The molecule has 0 amide bonds. The van der Waals surface area contributed by atoms with Crippen LogP contribution in [0.1, 0.15) is 40.5 Å². The zero-order valence-electron chi connectivity index (χ0n) is 17.3. The molecule has 0 spiro atoms. The molecule has 0 radical (unpaired) electrons. The molecule has 1 aromatic carbocycles. The zero-order chi connectivity index (χ0) is 19.9. The maximum absolute atomic E-state index is 5.32. The van der Waals surface area contributed by atoms with E-state index in [1.165, 1.54) is 0 Å². The van der Waals surface area contributed by atoms with Crippen LogP contribution in [0.3, 0.4) is 0 Å². The second-order valence-corrected chi connectivity index (χ2v) is 8.99. The first-order chi connectivity index (χ1) is 13.2. The minimum Gasteiger partial charge on any atom is -0.497 e. The highest BCUT2D eigenvalue weighted by Gasteiger charge is 2.37. The Kier molecular flexibility index (Phi) is 4.54. The van der Waals surface area contributed by atoms with E-state index in [9.17, 15) is 0 Å². The van der Waals surface area contributed by atoms with Crippen molar-refractivity contribution in [3.8, 4) is 11.6 Å². The molecule has 148 valence electrons. The lowest BCUT2D eigenvalue weighted by atomic mass is 9.80. The summed E-state index contributed by atoms with van der Waals surface area (Å²) in [6, 6.07) is 10.4. The molecule has 0 bridgehead atoms. The summed E-state index contributed by atoms with van der Waals surface area (Å²) in [5, 5.41) is 8.40. The number of piperidine rings is 1. The fourth-order valence-electron chi connectivity index (χ4n) is 4.61. The summed E-state index contributed by atoms with van der Waals surface area (Å²) in [6.45, 7) is 9.00. The number of ether oxygens (including phenoxy) is 1. The smallest absolute Gasteiger partial charge is 0.224 e. The average molecular weight is 380 g/mol. The summed E-state index contributed by atoms with van der Waals surface area (Å²) >= 11 is 0. The summed E-state index contributed by atoms with van der Waals surface area (Å²) in [4.78, 5) is 9.26. The molecule has 0 atom stereocenters. The van der Waals surface area contributed by atoms with E-state index in [2.05, 4.69) is 60.0 Å². The van der Waals surface area contributed by atoms with Gasteiger partial charge in [0.25, 0.3) is 0 Å². The van der Waals surface area contributed by atoms with Crippen LogP contribution >= 0.6 is 0 Å². The molecule has 3 aromatic rings. The summed E-state index contributed by atoms with van der Waals surface area (Å²) in [6.07, 6.45) is 5.90. The van der Waals surface area contributed by atoms with Crippen LogP contribution in [-0.2, 0) is 0 Å². The van der Waals surface area contributed by atoms with Crippen molar-refractivity contribution < 1.29 is 4.74 Å². The number of hydrogen-bond acceptors (Lipinski definition) is 5. The van der Waals surface area contributed by atoms with Crippen molar-refractivity contribution in [1.29, 1.82) is 0 Å². The molecule has 6 nitrogen and oxygen atoms in total. The van der Waals surface area contributed by atoms with Crippen LogP contribution in [0.15, 0.2) is 42.7 Å². The normalized spacial score (nSPS) is 18.9. The van der Waals surface area contributed by atoms with Crippen molar-refractivity contribution in [1.82, 2.24) is 19.9 Å². The van der Waals surface area contributed by atoms with Crippen molar-refractivity contribution >= 4 is 16.9 Å². The highest BCUT2D eigenvalue weighted by atomic mass is 16.5. The number of methoxy groups -OCH3 is 1. The number of fused-ring (bicyclic) bond motifs is 1. The maximum atomic E-state index is 5.32. The van der Waals surface area contributed by atoms with E-state index in [-0.39, 0.29) is 11.1 Å². The molecule has 3 heterocycles. The summed E-state index contributed by atoms with van der Waals surface area (Å²) in [5.74, 6) is 2.38. The Bertz CT molecular complexity index is 976. The van der Waals surface area contributed by atoms with Crippen LogP contribution in [0.2, 0.25) is 0 Å². The van der Waals surface area contributed by atoms with E-state index in [1.54, 1.807) is 7.11 Å². The van der Waals surface area contributed by atoms with Crippen molar-refractivity contribution in [2.75, 3.05) is 12.4 Å². The number of hydrogen-bond donors (Lipinski definition) is 2. The van der Waals surface area contributed by atoms with E-state index < -0.39 is 0 Å². The molecule has 0 saturated carbocycles. The Morgan fingerprint density at radius 2 is 1.86 bits per heavy atom. The van der Waals surface area contributed by atoms with Crippen LogP contribution in [-0.4, -0.2) is 38.8 Å². The molecule has 1 aliphatic rings. The molecule has 2 aromatic heterocycles. The molecule has 4 rings (SSSR count). The summed E-state index contributed by atoms with van der Waals surface area (Å²) in [5.41, 5.74) is 1.24. The second-order valence-electron chi connectivity index (χ2n) is 8.99. The van der Waals surface area contributed by atoms with Gasteiger partial charge in [0.05, 0.1) is 12.6 Å². The lowest BCUT2D eigenvalue weighted by Crippen LogP contribution is -2.60. The number of nitrogens with one attached hydrogen (secondary N) is 2. The van der Waals surface area contributed by atoms with Crippen LogP contribution in [0.4, 0.5) is 5.95 Å². The van der Waals surface area contributed by atoms with Gasteiger partial charge in [-0.2, -0.15) is 4.98 Å². The molecule has 1 fully saturated rings. The van der Waals surface area contributed by atoms with Crippen molar-refractivity contribution in [2.45, 2.75) is 57.7 Å². The minimum absolute atomic E-state index is 0.0761. The van der Waals surface area contributed by atoms with Crippen LogP contribution in [0.5, 0.6) is 5.75 Å². The van der Waals surface area contributed by atoms with Crippen molar-refractivity contribution in [3.05, 3.63) is 42.7 Å². The Morgan fingerprint density at radius 1 is 1.11 bits per heavy atom. The van der Waals surface area contributed by atoms with E-state index in [4.69, 9.17) is 9.72 Å². The van der Waals surface area contributed by atoms with Gasteiger partial charge in [0, 0.05) is 34.9 Å². The first-order valence-corrected chi connectivity index (χ1v) is 9.79. The molecule has 0 aliphatic carbocycles. The third-order valence-corrected chi connectivity index (χ3v) is 5.31. The van der Waals surface area contributed by atoms with E-state index >= 15 is 0 Å². The predicted octanol–water partition coefficient (Wildman–Crippen LogP) is 4.15. The number of anilines is 1. The van der Waals surface area contributed by atoms with Crippen LogP contribution < -0.4 is 15.4 Å². The lowest BCUT2D eigenvalue weighted by Gasteiger charge is -2.46. The Balaban J connectivity index is 1.60. The topological polar surface area (TPSA) is 64.0 Å². The average Bonchev–Trinajstić information content (AvgIpc) is 3.02. The number of benzene rings is 1. The first-order valence-electron chi connectivity index (χ1n) is 9.79. The molecule has 2 N–H and O–H groups in total. The van der Waals surface area contributed by atoms with Gasteiger partial charge in [-0.05, 0) is 70.9 Å². The van der Waals surface area contributed by atoms with Gasteiger partial charge in [-0.1, -0.05) is 0 Å². The summed E-state index contributed by atoms with van der Waals surface area (Å²) in [7, 11) is 1.68. The van der Waals surface area contributed by atoms with Crippen molar-refractivity contribution in [2.24, 2.45) is 0 Å². The van der Waals surface area contributed by atoms with Gasteiger partial charge in [0.15, 0.2) is 0 Å². The number of aromatic nitrogens is 3. The minimum atomic E-state index is 0.0761. The van der Waals surface area contributed by atoms with Crippen LogP contribution in [0, 0.1) is 0 Å². The van der Waals surface area contributed by atoms with Gasteiger partial charge >= 0.3 is 0 Å². The van der Waals surface area contributed by atoms with Gasteiger partial charge in [0.2, 0.25) is 5.95 Å². The van der Waals surface area contributed by atoms with Gasteiger partial charge in [-0.3, -0.25) is 0 Å². The fraction of sp³-hybridized carbons (Fsp3) is 0.455. The zero-order valence-corrected chi connectivity index (χ0v) is 17.3. The van der Waals surface area contributed by atoms with Gasteiger partial charge in [-0.25, -0.2) is 4.98 Å². The van der Waals surface area contributed by atoms with Crippen LogP contribution in [0.25, 0.3) is 16.7 Å². The number of nitrogens with zero attached hydrogens (tertiary/aromatic N) is 3. The Hall–Kier alpha value is -2.60. The Morgan fingerprint density at radius 3 is 2.57 bits per heavy atom. The van der Waals surface area contributed by atoms with E-state index in [1.807, 2.05) is 30.6 Å². The number of rotatable bonds is 4. The van der Waals surface area contributed by atoms with E-state index in [0.717, 1.165) is 35.3 Å². The monoisotopic (exact) mass is 379 g/mol. The molecular weight excluding hydrogens is 350 g/mol. The fourth-order valence-corrected chi connectivity index (χ4v) is 4.61. The Labute approximate surface area is 166 Å². The van der Waals surface area contributed by atoms with Crippen molar-refractivity contribution in [3.63, 3.8) is 0 Å². The maximum Gasteiger partial charge on any atom is 0.224 e. The lowest BCUT2D eigenvalue weighted by molar-refractivity contribution is 0.170. The molecule has 28 heavy (non-hydrogen) atoms. The second kappa shape index (κ2) is 6.78. The first kappa shape index (κ1) is 18.7. The molecular formula is C22H29N5O. The third-order valence-electron chi connectivity index (χ3n) is 5.31. The molecule has 1 aliphatic heterocycles. The quantitative estimate of drug-likeness (QED) is 0.713. The van der Waals surface area contributed by atoms with Gasteiger partial charge < -0.3 is 19.9 Å². The molecule has 1 saturated heterocycles. The standard InChI is InChI=1S/C22H29N5O/c1-21(2)13-16(14-22(3,4)26-21)24-20-23-10-8-19(25-20)27-11-9-15-12-17(28-5)6-7-18(15)27/h6-12,16,26H,13-14H2,1-5H3,(H,23,24,25). The van der Waals surface area contributed by atoms with Gasteiger partial charge in [-0.15, -0.1) is 0 Å². The molecule has 0 unspecified atom stereocenters. The molecule has 6 heteroatoms. The van der Waals surface area contributed by atoms with Gasteiger partial charge in [0.1, 0.15) is 11.6 Å². The SMILES string of the molecule is COc1ccc2c(ccn2-c2ccnc(NC3CC(C)(C)NC(C)(C)C3)n2)c1. The highest BCUT2D eigenvalue weighted by molar-refractivity contribution is 5.83. The van der Waals surface area contributed by atoms with E-state index in [0.29, 0.717) is 12.0 Å². The highest BCUT2D eigenvalue weighted by Crippen LogP contribution is 2.30. The third kappa shape index (κ3) is 3.83.